The van der Waals surface area contributed by atoms with E-state index in [1.54, 1.807) is 0 Å². The van der Waals surface area contributed by atoms with E-state index >= 15 is 0 Å². The normalized spacial score (nSPS) is 10.6. The van der Waals surface area contributed by atoms with Gasteiger partial charge in [-0.25, -0.2) is 13.2 Å². The average Bonchev–Trinajstić information content (AvgIpc) is 2.00. The molecule has 0 nitrogen and oxygen atoms in total. The van der Waals surface area contributed by atoms with Crippen LogP contribution in [-0.2, 0) is 6.42 Å². The van der Waals surface area contributed by atoms with Crippen molar-refractivity contribution < 1.29 is 13.2 Å². The maximum atomic E-state index is 12.8. The summed E-state index contributed by atoms with van der Waals surface area (Å²) in [5, 5.41) is 0. The van der Waals surface area contributed by atoms with E-state index in [2.05, 4.69) is 0 Å². The van der Waals surface area contributed by atoms with Crippen LogP contribution in [0, 0.1) is 17.5 Å². The molecule has 0 heterocycles. The minimum Gasteiger partial charge on any atom is -0.207 e. The fourth-order valence-electron chi connectivity index (χ4n) is 1.06. The minimum atomic E-state index is -1.10. The summed E-state index contributed by atoms with van der Waals surface area (Å²) in [5.41, 5.74) is 0.141. The third kappa shape index (κ3) is 1.88. The van der Waals surface area contributed by atoms with Gasteiger partial charge >= 0.3 is 0 Å². The first-order chi connectivity index (χ1) is 5.65. The highest BCUT2D eigenvalue weighted by molar-refractivity contribution is 6.08. The Bertz CT molecular complexity index is 286. The minimum absolute atomic E-state index is 0.141. The van der Waals surface area contributed by atoms with Gasteiger partial charge in [-0.1, -0.05) is 6.04 Å². The van der Waals surface area contributed by atoms with E-state index < -0.39 is 17.5 Å². The number of hydrogen-bond acceptors (Lipinski definition) is 0. The highest BCUT2D eigenvalue weighted by Crippen LogP contribution is 2.15. The summed E-state index contributed by atoms with van der Waals surface area (Å²) in [6, 6.07) is 2.42. The Labute approximate surface area is 71.8 Å². The largest absolute Gasteiger partial charge is 0.207 e. The first-order valence-electron chi connectivity index (χ1n) is 3.78. The van der Waals surface area contributed by atoms with Gasteiger partial charge in [0, 0.05) is 16.3 Å². The predicted octanol–water partition coefficient (Wildman–Crippen LogP) is 1.43. The summed E-state index contributed by atoms with van der Waals surface area (Å²) < 4.78 is 37.9. The smallest absolute Gasteiger partial charge is 0.162 e. The molecule has 0 aliphatic heterocycles. The van der Waals surface area contributed by atoms with E-state index in [-0.39, 0.29) is 5.56 Å². The SMILES string of the molecule is Fc1cc(F)c(F)c(CC[SiH3])c1. The summed E-state index contributed by atoms with van der Waals surface area (Å²) in [6.07, 6.45) is 0.423. The second-order valence-corrected chi connectivity index (χ2v) is 3.61. The quantitative estimate of drug-likeness (QED) is 0.489. The first kappa shape index (κ1) is 9.32. The Hall–Kier alpha value is -0.773. The van der Waals surface area contributed by atoms with Crippen molar-refractivity contribution in [1.82, 2.24) is 0 Å². The van der Waals surface area contributed by atoms with E-state index in [1.165, 1.54) is 0 Å². The van der Waals surface area contributed by atoms with Crippen LogP contribution in [0.1, 0.15) is 5.56 Å². The Kier molecular flexibility index (Phi) is 2.92. The maximum absolute atomic E-state index is 12.8. The average molecular weight is 190 g/mol. The van der Waals surface area contributed by atoms with E-state index in [1.807, 2.05) is 0 Å². The molecule has 0 bridgehead atoms. The molecule has 0 fully saturated rings. The molecule has 0 saturated carbocycles. The molecular weight excluding hydrogens is 181 g/mol. The Morgan fingerprint density at radius 3 is 2.42 bits per heavy atom. The summed E-state index contributed by atoms with van der Waals surface area (Å²) in [7, 11) is 0.906. The van der Waals surface area contributed by atoms with Crippen molar-refractivity contribution in [2.75, 3.05) is 0 Å². The van der Waals surface area contributed by atoms with Crippen LogP contribution in [0.5, 0.6) is 0 Å². The summed E-state index contributed by atoms with van der Waals surface area (Å²) in [6.45, 7) is 0. The monoisotopic (exact) mass is 190 g/mol. The molecular formula is C8H9F3Si. The van der Waals surface area contributed by atoms with Crippen molar-refractivity contribution >= 4 is 10.2 Å². The van der Waals surface area contributed by atoms with Gasteiger partial charge in [0.25, 0.3) is 0 Å². The molecule has 1 aromatic rings. The van der Waals surface area contributed by atoms with E-state index in [9.17, 15) is 13.2 Å². The van der Waals surface area contributed by atoms with Gasteiger partial charge in [0.05, 0.1) is 0 Å². The van der Waals surface area contributed by atoms with Crippen LogP contribution in [0.2, 0.25) is 6.04 Å². The topological polar surface area (TPSA) is 0 Å². The number of aryl methyl sites for hydroxylation is 1. The lowest BCUT2D eigenvalue weighted by atomic mass is 10.1. The van der Waals surface area contributed by atoms with E-state index in [0.717, 1.165) is 22.4 Å². The van der Waals surface area contributed by atoms with Crippen molar-refractivity contribution in [3.05, 3.63) is 35.1 Å². The van der Waals surface area contributed by atoms with Gasteiger partial charge in [0.15, 0.2) is 11.6 Å². The molecule has 4 heteroatoms. The molecule has 0 saturated heterocycles. The predicted molar refractivity (Wildman–Crippen MR) is 44.8 cm³/mol. The van der Waals surface area contributed by atoms with Gasteiger partial charge in [-0.15, -0.1) is 0 Å². The molecule has 0 radical (unpaired) electrons. The molecule has 1 aromatic carbocycles. The molecule has 0 atom stereocenters. The standard InChI is InChI=1S/C8H9F3Si/c9-6-3-5(1-2-12)8(11)7(10)4-6/h3-4H,1-2H2,12H3. The Balaban J connectivity index is 3.09. The molecule has 0 N–H and O–H groups in total. The molecule has 0 aliphatic rings. The third-order valence-electron chi connectivity index (χ3n) is 1.59. The fourth-order valence-corrected chi connectivity index (χ4v) is 1.60. The van der Waals surface area contributed by atoms with Crippen molar-refractivity contribution in [2.45, 2.75) is 12.5 Å². The molecule has 0 aliphatic carbocycles. The lowest BCUT2D eigenvalue weighted by Crippen LogP contribution is -1.96. The van der Waals surface area contributed by atoms with Crippen LogP contribution >= 0.6 is 0 Å². The summed E-state index contributed by atoms with van der Waals surface area (Å²) >= 11 is 0. The van der Waals surface area contributed by atoms with Crippen LogP contribution < -0.4 is 0 Å². The highest BCUT2D eigenvalue weighted by Gasteiger charge is 2.09. The van der Waals surface area contributed by atoms with Crippen LogP contribution in [0.25, 0.3) is 0 Å². The first-order valence-corrected chi connectivity index (χ1v) is 5.20. The fraction of sp³-hybridized carbons (Fsp3) is 0.250. The zero-order valence-corrected chi connectivity index (χ0v) is 8.70. The number of halogens is 3. The second-order valence-electron chi connectivity index (χ2n) is 2.61. The molecule has 0 unspecified atom stereocenters. The van der Waals surface area contributed by atoms with Gasteiger partial charge in [0.1, 0.15) is 5.82 Å². The van der Waals surface area contributed by atoms with Crippen molar-refractivity contribution in [3.63, 3.8) is 0 Å². The zero-order valence-electron chi connectivity index (χ0n) is 6.70. The van der Waals surface area contributed by atoms with Crippen LogP contribution in [0.4, 0.5) is 13.2 Å². The van der Waals surface area contributed by atoms with Crippen LogP contribution in [0.15, 0.2) is 12.1 Å². The Morgan fingerprint density at radius 1 is 1.17 bits per heavy atom. The Morgan fingerprint density at radius 2 is 1.83 bits per heavy atom. The van der Waals surface area contributed by atoms with E-state index in [4.69, 9.17) is 0 Å². The van der Waals surface area contributed by atoms with Crippen molar-refractivity contribution in [1.29, 1.82) is 0 Å². The third-order valence-corrected chi connectivity index (χ3v) is 2.09. The summed E-state index contributed by atoms with van der Waals surface area (Å²) in [5.74, 6) is -2.72. The van der Waals surface area contributed by atoms with Gasteiger partial charge in [-0.3, -0.25) is 0 Å². The maximum Gasteiger partial charge on any atom is 0.162 e. The zero-order chi connectivity index (χ0) is 9.14. The molecule has 0 amide bonds. The van der Waals surface area contributed by atoms with Crippen molar-refractivity contribution in [3.8, 4) is 0 Å². The van der Waals surface area contributed by atoms with E-state index in [0.29, 0.717) is 12.5 Å². The number of rotatable bonds is 2. The van der Waals surface area contributed by atoms with Crippen LogP contribution in [-0.4, -0.2) is 10.2 Å². The number of hydrogen-bond donors (Lipinski definition) is 0. The van der Waals surface area contributed by atoms with Gasteiger partial charge in [-0.2, -0.15) is 0 Å². The van der Waals surface area contributed by atoms with Gasteiger partial charge in [0.2, 0.25) is 0 Å². The second kappa shape index (κ2) is 3.76. The van der Waals surface area contributed by atoms with Crippen LogP contribution in [0.3, 0.4) is 0 Å². The summed E-state index contributed by atoms with van der Waals surface area (Å²) in [4.78, 5) is 0. The van der Waals surface area contributed by atoms with Gasteiger partial charge in [-0.05, 0) is 18.1 Å². The molecule has 66 valence electrons. The number of benzene rings is 1. The highest BCUT2D eigenvalue weighted by atomic mass is 28.1. The molecule has 1 rings (SSSR count). The lowest BCUT2D eigenvalue weighted by Gasteiger charge is -2.01. The van der Waals surface area contributed by atoms with Gasteiger partial charge < -0.3 is 0 Å². The van der Waals surface area contributed by atoms with Crippen molar-refractivity contribution in [2.24, 2.45) is 0 Å². The molecule has 0 aromatic heterocycles. The molecule has 12 heavy (non-hydrogen) atoms. The molecule has 0 spiro atoms. The lowest BCUT2D eigenvalue weighted by molar-refractivity contribution is 0.486.